The second-order valence-electron chi connectivity index (χ2n) is 6.49. The maximum absolute atomic E-state index is 12.4. The molecule has 0 bridgehead atoms. The number of hydrogen-bond acceptors (Lipinski definition) is 7. The van der Waals surface area contributed by atoms with E-state index in [2.05, 4.69) is 4.74 Å². The molecule has 0 spiro atoms. The quantitative estimate of drug-likeness (QED) is 0.522. The van der Waals surface area contributed by atoms with Gasteiger partial charge in [0.25, 0.3) is 0 Å². The SMILES string of the molecule is COC(=O)c1cccc(COC(=O)CCC(=O)c2ccc3c(c2)OCCCO3)c1. The molecular weight excluding hydrogens is 376 g/mol. The largest absolute Gasteiger partial charge is 0.490 e. The van der Waals surface area contributed by atoms with Gasteiger partial charge in [0.15, 0.2) is 17.3 Å². The average molecular weight is 398 g/mol. The van der Waals surface area contributed by atoms with E-state index in [1.54, 1.807) is 42.5 Å². The zero-order valence-corrected chi connectivity index (χ0v) is 16.1. The molecule has 3 rings (SSSR count). The summed E-state index contributed by atoms with van der Waals surface area (Å²) >= 11 is 0. The Morgan fingerprint density at radius 2 is 1.72 bits per heavy atom. The standard InChI is InChI=1S/C22H22O7/c1-26-22(25)17-5-2-4-15(12-17)14-29-21(24)9-7-18(23)16-6-8-19-20(13-16)28-11-3-10-27-19/h2,4-6,8,12-13H,3,7,9-11,14H2,1H3. The minimum Gasteiger partial charge on any atom is -0.490 e. The van der Waals surface area contributed by atoms with Crippen LogP contribution in [0.3, 0.4) is 0 Å². The Hall–Kier alpha value is -3.35. The van der Waals surface area contributed by atoms with E-state index < -0.39 is 11.9 Å². The van der Waals surface area contributed by atoms with Gasteiger partial charge in [0.2, 0.25) is 0 Å². The molecule has 29 heavy (non-hydrogen) atoms. The van der Waals surface area contributed by atoms with Gasteiger partial charge in [-0.2, -0.15) is 0 Å². The molecule has 152 valence electrons. The average Bonchev–Trinajstić information content (AvgIpc) is 3.00. The lowest BCUT2D eigenvalue weighted by Gasteiger charge is -2.09. The van der Waals surface area contributed by atoms with Gasteiger partial charge in [0.1, 0.15) is 6.61 Å². The fourth-order valence-corrected chi connectivity index (χ4v) is 2.84. The molecule has 7 heteroatoms. The Bertz CT molecular complexity index is 904. The number of carbonyl (C=O) groups excluding carboxylic acids is 3. The van der Waals surface area contributed by atoms with Gasteiger partial charge in [-0.25, -0.2) is 4.79 Å². The summed E-state index contributed by atoms with van der Waals surface area (Å²) in [5.41, 5.74) is 1.51. The number of rotatable bonds is 7. The van der Waals surface area contributed by atoms with E-state index in [9.17, 15) is 14.4 Å². The van der Waals surface area contributed by atoms with Crippen LogP contribution in [0.2, 0.25) is 0 Å². The maximum atomic E-state index is 12.4. The zero-order valence-electron chi connectivity index (χ0n) is 16.1. The van der Waals surface area contributed by atoms with Gasteiger partial charge in [-0.05, 0) is 35.9 Å². The third-order valence-corrected chi connectivity index (χ3v) is 4.37. The van der Waals surface area contributed by atoms with E-state index in [1.165, 1.54) is 7.11 Å². The molecule has 0 atom stereocenters. The van der Waals surface area contributed by atoms with Crippen molar-refractivity contribution >= 4 is 17.7 Å². The number of methoxy groups -OCH3 is 1. The predicted molar refractivity (Wildman–Crippen MR) is 103 cm³/mol. The lowest BCUT2D eigenvalue weighted by molar-refractivity contribution is -0.144. The number of ketones is 1. The molecule has 0 amide bonds. The van der Waals surface area contributed by atoms with Crippen molar-refractivity contribution in [2.75, 3.05) is 20.3 Å². The van der Waals surface area contributed by atoms with Gasteiger partial charge in [0.05, 0.1) is 32.3 Å². The summed E-state index contributed by atoms with van der Waals surface area (Å²) in [6, 6.07) is 11.7. The lowest BCUT2D eigenvalue weighted by Crippen LogP contribution is -2.09. The van der Waals surface area contributed by atoms with E-state index in [1.807, 2.05) is 0 Å². The van der Waals surface area contributed by atoms with Gasteiger partial charge in [0, 0.05) is 18.4 Å². The van der Waals surface area contributed by atoms with Crippen molar-refractivity contribution in [1.82, 2.24) is 0 Å². The molecule has 0 saturated heterocycles. The molecular formula is C22H22O7. The molecule has 0 radical (unpaired) electrons. The summed E-state index contributed by atoms with van der Waals surface area (Å²) in [7, 11) is 1.30. The Kier molecular flexibility index (Phi) is 6.84. The highest BCUT2D eigenvalue weighted by Gasteiger charge is 2.16. The van der Waals surface area contributed by atoms with Crippen LogP contribution in [0, 0.1) is 0 Å². The Morgan fingerprint density at radius 3 is 2.52 bits per heavy atom. The van der Waals surface area contributed by atoms with Crippen LogP contribution in [0.25, 0.3) is 0 Å². The van der Waals surface area contributed by atoms with Crippen LogP contribution in [0.15, 0.2) is 42.5 Å². The minimum atomic E-state index is -0.490. The Balaban J connectivity index is 1.50. The van der Waals surface area contributed by atoms with Gasteiger partial charge in [-0.1, -0.05) is 12.1 Å². The molecule has 0 unspecified atom stereocenters. The predicted octanol–water partition coefficient (Wildman–Crippen LogP) is 3.34. The normalized spacial score (nSPS) is 12.6. The van der Waals surface area contributed by atoms with E-state index in [-0.39, 0.29) is 25.2 Å². The van der Waals surface area contributed by atoms with Crippen LogP contribution >= 0.6 is 0 Å². The van der Waals surface area contributed by atoms with Crippen molar-refractivity contribution in [3.05, 3.63) is 59.2 Å². The molecule has 0 aliphatic carbocycles. The van der Waals surface area contributed by atoms with Crippen LogP contribution in [-0.4, -0.2) is 38.0 Å². The van der Waals surface area contributed by atoms with Crippen molar-refractivity contribution in [1.29, 1.82) is 0 Å². The number of carbonyl (C=O) groups is 3. The van der Waals surface area contributed by atoms with Gasteiger partial charge in [-0.3, -0.25) is 9.59 Å². The van der Waals surface area contributed by atoms with Crippen LogP contribution in [0.5, 0.6) is 11.5 Å². The summed E-state index contributed by atoms with van der Waals surface area (Å²) in [6.07, 6.45) is 0.775. The number of ether oxygens (including phenoxy) is 4. The third kappa shape index (κ3) is 5.57. The highest BCUT2D eigenvalue weighted by molar-refractivity contribution is 5.98. The van der Waals surface area contributed by atoms with Crippen molar-refractivity contribution in [2.45, 2.75) is 25.9 Å². The van der Waals surface area contributed by atoms with Crippen LogP contribution in [-0.2, 0) is 20.9 Å². The maximum Gasteiger partial charge on any atom is 0.337 e. The molecule has 1 heterocycles. The summed E-state index contributed by atoms with van der Waals surface area (Å²) < 4.78 is 21.0. The number of hydrogen-bond donors (Lipinski definition) is 0. The van der Waals surface area contributed by atoms with Gasteiger partial charge >= 0.3 is 11.9 Å². The summed E-state index contributed by atoms with van der Waals surface area (Å²) in [6.45, 7) is 1.13. The van der Waals surface area contributed by atoms with Crippen LogP contribution in [0.4, 0.5) is 0 Å². The van der Waals surface area contributed by atoms with Crippen molar-refractivity contribution < 1.29 is 33.3 Å². The highest BCUT2D eigenvalue weighted by Crippen LogP contribution is 2.30. The fourth-order valence-electron chi connectivity index (χ4n) is 2.84. The monoisotopic (exact) mass is 398 g/mol. The van der Waals surface area contributed by atoms with Crippen LogP contribution in [0.1, 0.15) is 45.5 Å². The van der Waals surface area contributed by atoms with Crippen molar-refractivity contribution in [3.8, 4) is 11.5 Å². The molecule has 2 aromatic carbocycles. The number of benzene rings is 2. The molecule has 7 nitrogen and oxygen atoms in total. The van der Waals surface area contributed by atoms with Crippen LogP contribution < -0.4 is 9.47 Å². The molecule has 1 aliphatic rings. The number of fused-ring (bicyclic) bond motifs is 1. The van der Waals surface area contributed by atoms with Gasteiger partial charge in [-0.15, -0.1) is 0 Å². The van der Waals surface area contributed by atoms with E-state index >= 15 is 0 Å². The lowest BCUT2D eigenvalue weighted by atomic mass is 10.1. The fraction of sp³-hybridized carbons (Fsp3) is 0.318. The van der Waals surface area contributed by atoms with E-state index in [0.29, 0.717) is 41.4 Å². The second-order valence-corrected chi connectivity index (χ2v) is 6.49. The summed E-state index contributed by atoms with van der Waals surface area (Å²) in [4.78, 5) is 35.9. The zero-order chi connectivity index (χ0) is 20.6. The molecule has 0 fully saturated rings. The molecule has 0 saturated carbocycles. The van der Waals surface area contributed by atoms with Crippen molar-refractivity contribution in [2.24, 2.45) is 0 Å². The Labute approximate surface area is 168 Å². The summed E-state index contributed by atoms with van der Waals surface area (Å²) in [5, 5.41) is 0. The molecule has 0 N–H and O–H groups in total. The first kappa shape index (κ1) is 20.4. The first-order chi connectivity index (χ1) is 14.1. The number of esters is 2. The van der Waals surface area contributed by atoms with Crippen molar-refractivity contribution in [3.63, 3.8) is 0 Å². The first-order valence-electron chi connectivity index (χ1n) is 9.32. The van der Waals surface area contributed by atoms with E-state index in [0.717, 1.165) is 6.42 Å². The molecule has 2 aromatic rings. The topological polar surface area (TPSA) is 88.1 Å². The van der Waals surface area contributed by atoms with E-state index in [4.69, 9.17) is 14.2 Å². The number of Topliss-reactive ketones (excluding diaryl/α,β-unsaturated/α-hetero) is 1. The second kappa shape index (κ2) is 9.73. The molecule has 1 aliphatic heterocycles. The first-order valence-corrected chi connectivity index (χ1v) is 9.32. The summed E-state index contributed by atoms with van der Waals surface area (Å²) in [5.74, 6) is 0.0365. The smallest absolute Gasteiger partial charge is 0.337 e. The minimum absolute atomic E-state index is 0.0158. The Morgan fingerprint density at radius 1 is 0.931 bits per heavy atom. The highest BCUT2D eigenvalue weighted by atomic mass is 16.5. The third-order valence-electron chi connectivity index (χ3n) is 4.37. The molecule has 0 aromatic heterocycles. The van der Waals surface area contributed by atoms with Gasteiger partial charge < -0.3 is 18.9 Å².